The van der Waals surface area contributed by atoms with Gasteiger partial charge in [-0.2, -0.15) is 18.4 Å². The van der Waals surface area contributed by atoms with Crippen molar-refractivity contribution in [3.63, 3.8) is 0 Å². The number of quaternary nitrogens is 1. The van der Waals surface area contributed by atoms with Crippen molar-refractivity contribution in [3.8, 4) is 6.07 Å². The number of nitrogens with zero attached hydrogens (tertiary/aromatic N) is 2. The number of allylic oxidation sites excluding steroid dienone is 2. The number of amides is 1. The highest BCUT2D eigenvalue weighted by Gasteiger charge is 2.61. The molecule has 1 aliphatic heterocycles. The normalized spacial score (nSPS) is 28.2. The molecule has 3 rings (SSSR count). The molecule has 0 bridgehead atoms. The Bertz CT molecular complexity index is 928. The van der Waals surface area contributed by atoms with Crippen LogP contribution in [0.5, 0.6) is 0 Å². The van der Waals surface area contributed by atoms with Crippen LogP contribution in [0.2, 0.25) is 0 Å². The molecule has 2 N–H and O–H groups in total. The van der Waals surface area contributed by atoms with Crippen molar-refractivity contribution in [2.45, 2.75) is 56.1 Å². The molecule has 2 aliphatic carbocycles. The summed E-state index contributed by atoms with van der Waals surface area (Å²) in [6, 6.07) is -1.97. The highest BCUT2D eigenvalue weighted by molar-refractivity contribution is 7.90. The Labute approximate surface area is 172 Å². The average Bonchev–Trinajstić information content (AvgIpc) is 3.53. The molecule has 0 aromatic carbocycles. The molecule has 1 heterocycles. The minimum Gasteiger partial charge on any atom is -0.623 e. The van der Waals surface area contributed by atoms with Crippen LogP contribution in [0.1, 0.15) is 32.6 Å². The molecule has 2 saturated carbocycles. The van der Waals surface area contributed by atoms with Gasteiger partial charge in [-0.15, -0.1) is 0 Å². The summed E-state index contributed by atoms with van der Waals surface area (Å²) in [6.45, 7) is 1.09. The quantitative estimate of drug-likeness (QED) is 0.431. The van der Waals surface area contributed by atoms with Crippen molar-refractivity contribution in [1.82, 2.24) is 10.0 Å². The second-order valence-corrected chi connectivity index (χ2v) is 10.1. The van der Waals surface area contributed by atoms with E-state index < -0.39 is 55.2 Å². The lowest BCUT2D eigenvalue weighted by molar-refractivity contribution is -0.767. The van der Waals surface area contributed by atoms with Gasteiger partial charge in [0, 0.05) is 6.08 Å². The number of halogens is 3. The summed E-state index contributed by atoms with van der Waals surface area (Å²) >= 11 is 0. The van der Waals surface area contributed by atoms with E-state index in [-0.39, 0.29) is 5.92 Å². The van der Waals surface area contributed by atoms with Crippen LogP contribution in [-0.4, -0.2) is 49.5 Å². The van der Waals surface area contributed by atoms with E-state index >= 15 is 0 Å². The van der Waals surface area contributed by atoms with Gasteiger partial charge in [-0.3, -0.25) is 14.8 Å². The lowest BCUT2D eigenvalue weighted by atomic mass is 10.0. The van der Waals surface area contributed by atoms with Crippen LogP contribution < -0.4 is 10.0 Å². The highest BCUT2D eigenvalue weighted by atomic mass is 32.2. The molecule has 3 aliphatic rings. The van der Waals surface area contributed by atoms with Gasteiger partial charge in [0.2, 0.25) is 15.9 Å². The number of hydroxylamine groups is 3. The van der Waals surface area contributed by atoms with Gasteiger partial charge in [-0.05, 0) is 44.6 Å². The second-order valence-electron chi connectivity index (χ2n) is 8.32. The van der Waals surface area contributed by atoms with E-state index in [0.29, 0.717) is 25.7 Å². The minimum atomic E-state index is -4.88. The third-order valence-electron chi connectivity index (χ3n) is 5.77. The standard InChI is InChI=1S/C18H23F3N4O4S/c1-11(23-14(18(19,20)21)13-4-3-9-25(13,2)27)16(26)24-30(28,29)15(12-5-6-12)17(10-22)7-8-17/h3-4,9,11-12,14-15,23H,5-8H2,1-2H3,(H,24,26)/t11-,14+,15?,25?/m1/s1. The SMILES string of the molecule is C[C@@H](N[C@@H](C1=CC=C[N+]1(C)[O-])C(F)(F)F)C(=O)NS(=O)(=O)C(C1CC1)C1(C#N)CC1. The Morgan fingerprint density at radius 2 is 2.00 bits per heavy atom. The summed E-state index contributed by atoms with van der Waals surface area (Å²) in [4.78, 5) is 12.5. The smallest absolute Gasteiger partial charge is 0.413 e. The van der Waals surface area contributed by atoms with Crippen molar-refractivity contribution in [3.05, 3.63) is 29.3 Å². The molecule has 166 valence electrons. The molecule has 1 amide bonds. The zero-order valence-corrected chi connectivity index (χ0v) is 17.3. The van der Waals surface area contributed by atoms with Gasteiger partial charge in [-0.1, -0.05) is 0 Å². The first-order valence-electron chi connectivity index (χ1n) is 9.50. The van der Waals surface area contributed by atoms with Crippen LogP contribution in [0.4, 0.5) is 13.2 Å². The Kier molecular flexibility index (Phi) is 5.56. The van der Waals surface area contributed by atoms with E-state index in [2.05, 4.69) is 0 Å². The summed E-state index contributed by atoms with van der Waals surface area (Å²) in [6.07, 6.45) is 0.396. The Morgan fingerprint density at radius 1 is 1.40 bits per heavy atom. The van der Waals surface area contributed by atoms with Crippen molar-refractivity contribution < 1.29 is 31.0 Å². The number of carbonyl (C=O) groups excluding carboxylic acids is 1. The summed E-state index contributed by atoms with van der Waals surface area (Å²) in [5.41, 5.74) is -1.61. The van der Waals surface area contributed by atoms with Crippen LogP contribution in [0.3, 0.4) is 0 Å². The number of nitrogens with one attached hydrogen (secondary N) is 2. The Balaban J connectivity index is 1.74. The molecule has 12 heteroatoms. The van der Waals surface area contributed by atoms with Gasteiger partial charge in [0.05, 0.1) is 24.6 Å². The molecule has 8 nitrogen and oxygen atoms in total. The number of rotatable bonds is 8. The van der Waals surface area contributed by atoms with Crippen LogP contribution in [0, 0.1) is 27.9 Å². The summed E-state index contributed by atoms with van der Waals surface area (Å²) < 4.78 is 66.8. The van der Waals surface area contributed by atoms with Gasteiger partial charge in [0.15, 0.2) is 6.04 Å². The Morgan fingerprint density at radius 3 is 2.40 bits per heavy atom. The Hall–Kier alpha value is -1.94. The van der Waals surface area contributed by atoms with E-state index in [1.807, 2.05) is 16.1 Å². The van der Waals surface area contributed by atoms with Gasteiger partial charge >= 0.3 is 6.18 Å². The zero-order valence-electron chi connectivity index (χ0n) is 16.4. The van der Waals surface area contributed by atoms with Crippen molar-refractivity contribution in [2.75, 3.05) is 7.05 Å². The van der Waals surface area contributed by atoms with Crippen LogP contribution in [-0.2, 0) is 14.8 Å². The van der Waals surface area contributed by atoms with E-state index in [4.69, 9.17) is 0 Å². The number of hydrogen-bond acceptors (Lipinski definition) is 6. The number of likely N-dealkylation sites (N-methyl/N-ethyl adjacent to an activating group) is 1. The number of carbonyl (C=O) groups is 1. The molecule has 0 saturated heterocycles. The van der Waals surface area contributed by atoms with E-state index in [9.17, 15) is 36.9 Å². The van der Waals surface area contributed by atoms with Gasteiger partial charge in [-0.25, -0.2) is 8.42 Å². The van der Waals surface area contributed by atoms with Crippen LogP contribution in [0.25, 0.3) is 0 Å². The monoisotopic (exact) mass is 448 g/mol. The highest BCUT2D eigenvalue weighted by Crippen LogP contribution is 2.57. The zero-order chi connectivity index (χ0) is 22.5. The molecule has 0 radical (unpaired) electrons. The van der Waals surface area contributed by atoms with Crippen molar-refractivity contribution in [2.24, 2.45) is 11.3 Å². The average molecular weight is 448 g/mol. The molecule has 0 aromatic rings. The molecule has 30 heavy (non-hydrogen) atoms. The number of nitriles is 1. The number of alkyl halides is 3. The molecule has 2 fully saturated rings. The molecule has 0 aromatic heterocycles. The first kappa shape index (κ1) is 22.7. The van der Waals surface area contributed by atoms with E-state index in [1.54, 1.807) is 0 Å². The van der Waals surface area contributed by atoms with Gasteiger partial charge < -0.3 is 9.85 Å². The number of hydrogen-bond donors (Lipinski definition) is 2. The fraction of sp³-hybridized carbons (Fsp3) is 0.667. The van der Waals surface area contributed by atoms with Crippen LogP contribution >= 0.6 is 0 Å². The maximum atomic E-state index is 13.6. The molecular formula is C18H23F3N4O4S. The summed E-state index contributed by atoms with van der Waals surface area (Å²) in [7, 11) is -3.24. The predicted octanol–water partition coefficient (Wildman–Crippen LogP) is 1.78. The third-order valence-corrected chi connectivity index (χ3v) is 7.76. The first-order chi connectivity index (χ1) is 13.7. The van der Waals surface area contributed by atoms with Crippen molar-refractivity contribution in [1.29, 1.82) is 5.26 Å². The first-order valence-corrected chi connectivity index (χ1v) is 11.0. The largest absolute Gasteiger partial charge is 0.623 e. The van der Waals surface area contributed by atoms with Gasteiger partial charge in [0.1, 0.15) is 17.1 Å². The maximum Gasteiger partial charge on any atom is 0.413 e. The fourth-order valence-corrected chi connectivity index (χ4v) is 6.10. The summed E-state index contributed by atoms with van der Waals surface area (Å²) in [5, 5.41) is 22.6. The molecular weight excluding hydrogens is 425 g/mol. The molecule has 0 spiro atoms. The van der Waals surface area contributed by atoms with E-state index in [0.717, 1.165) is 26.2 Å². The molecule has 2 unspecified atom stereocenters. The summed E-state index contributed by atoms with van der Waals surface area (Å²) in [5.74, 6) is -1.41. The lowest BCUT2D eigenvalue weighted by Gasteiger charge is -2.38. The fourth-order valence-electron chi connectivity index (χ4n) is 3.85. The number of sulfonamides is 1. The van der Waals surface area contributed by atoms with Crippen LogP contribution in [0.15, 0.2) is 24.0 Å². The topological polar surface area (TPSA) is 122 Å². The van der Waals surface area contributed by atoms with Gasteiger partial charge in [0.25, 0.3) is 0 Å². The lowest BCUT2D eigenvalue weighted by Crippen LogP contribution is -2.57. The second kappa shape index (κ2) is 7.33. The third kappa shape index (κ3) is 4.39. The molecule has 4 atom stereocenters. The predicted molar refractivity (Wildman–Crippen MR) is 100 cm³/mol. The maximum absolute atomic E-state index is 13.6. The van der Waals surface area contributed by atoms with E-state index in [1.165, 1.54) is 6.08 Å². The minimum absolute atomic E-state index is 0.239. The van der Waals surface area contributed by atoms with Crippen molar-refractivity contribution >= 4 is 15.9 Å².